The average Bonchev–Trinajstić information content (AvgIpc) is 2.41. The molecular weight excluding hydrogens is 238 g/mol. The average molecular weight is 261 g/mol. The third kappa shape index (κ3) is 3.14. The quantitative estimate of drug-likeness (QED) is 0.841. The van der Waals surface area contributed by atoms with E-state index in [9.17, 15) is 4.79 Å². The fraction of sp³-hybridized carbons (Fsp3) is 0.533. The van der Waals surface area contributed by atoms with Gasteiger partial charge in [-0.2, -0.15) is 0 Å². The van der Waals surface area contributed by atoms with Gasteiger partial charge in [-0.15, -0.1) is 0 Å². The first-order chi connectivity index (χ1) is 9.15. The molecule has 0 saturated heterocycles. The molecule has 0 fully saturated rings. The van der Waals surface area contributed by atoms with Gasteiger partial charge in [-0.05, 0) is 42.5 Å². The van der Waals surface area contributed by atoms with Gasteiger partial charge in [0.15, 0.2) is 0 Å². The van der Waals surface area contributed by atoms with E-state index in [2.05, 4.69) is 13.0 Å². The van der Waals surface area contributed by atoms with E-state index in [1.54, 1.807) is 0 Å². The minimum atomic E-state index is 0.219. The molecule has 0 aliphatic carbocycles. The van der Waals surface area contributed by atoms with Crippen molar-refractivity contribution in [2.24, 2.45) is 17.4 Å². The van der Waals surface area contributed by atoms with Crippen LogP contribution < -0.4 is 16.4 Å². The number of fused-ring (bicyclic) bond motifs is 1. The molecule has 1 atom stereocenters. The van der Waals surface area contributed by atoms with Gasteiger partial charge in [0.25, 0.3) is 0 Å². The van der Waals surface area contributed by atoms with Crippen LogP contribution in [0.5, 0.6) is 0 Å². The van der Waals surface area contributed by atoms with Gasteiger partial charge in [0.2, 0.25) is 5.91 Å². The van der Waals surface area contributed by atoms with E-state index in [1.807, 2.05) is 17.0 Å². The van der Waals surface area contributed by atoms with Crippen molar-refractivity contribution in [2.75, 3.05) is 18.0 Å². The minimum Gasteiger partial charge on any atom is -0.330 e. The number of hydrogen-bond donors (Lipinski definition) is 2. The van der Waals surface area contributed by atoms with Crippen molar-refractivity contribution in [3.63, 3.8) is 0 Å². The zero-order valence-electron chi connectivity index (χ0n) is 11.6. The molecule has 4 heteroatoms. The summed E-state index contributed by atoms with van der Waals surface area (Å²) in [4.78, 5) is 14.0. The number of benzene rings is 1. The van der Waals surface area contributed by atoms with Crippen molar-refractivity contribution >= 4 is 11.6 Å². The summed E-state index contributed by atoms with van der Waals surface area (Å²) in [7, 11) is 0. The maximum absolute atomic E-state index is 12.1. The Hall–Kier alpha value is -1.39. The molecule has 1 aromatic rings. The van der Waals surface area contributed by atoms with E-state index < -0.39 is 0 Å². The van der Waals surface area contributed by atoms with Gasteiger partial charge in [-0.3, -0.25) is 4.79 Å². The van der Waals surface area contributed by atoms with Crippen LogP contribution in [0.25, 0.3) is 0 Å². The number of nitrogens with zero attached hydrogens (tertiary/aromatic N) is 1. The molecule has 104 valence electrons. The number of hydrogen-bond acceptors (Lipinski definition) is 3. The topological polar surface area (TPSA) is 72.3 Å². The van der Waals surface area contributed by atoms with Gasteiger partial charge >= 0.3 is 0 Å². The Bertz CT molecular complexity index is 459. The number of nitrogens with two attached hydrogens (primary N) is 2. The number of rotatable bonds is 5. The van der Waals surface area contributed by atoms with E-state index in [-0.39, 0.29) is 5.91 Å². The zero-order valence-corrected chi connectivity index (χ0v) is 11.6. The first-order valence-corrected chi connectivity index (χ1v) is 6.98. The summed E-state index contributed by atoms with van der Waals surface area (Å²) in [6.45, 7) is 4.11. The molecule has 4 nitrogen and oxygen atoms in total. The van der Waals surface area contributed by atoms with Crippen LogP contribution in [0, 0.1) is 5.92 Å². The third-order valence-electron chi connectivity index (χ3n) is 3.73. The minimum absolute atomic E-state index is 0.219. The third-order valence-corrected chi connectivity index (χ3v) is 3.73. The van der Waals surface area contributed by atoms with E-state index >= 15 is 0 Å². The van der Waals surface area contributed by atoms with Crippen LogP contribution in [0.2, 0.25) is 0 Å². The van der Waals surface area contributed by atoms with Gasteiger partial charge < -0.3 is 16.4 Å². The van der Waals surface area contributed by atoms with E-state index in [0.717, 1.165) is 30.6 Å². The number of anilines is 1. The van der Waals surface area contributed by atoms with Crippen LogP contribution in [-0.4, -0.2) is 19.0 Å². The molecule has 1 aliphatic heterocycles. The number of carbonyl (C=O) groups excluding carboxylic acids is 1. The second-order valence-electron chi connectivity index (χ2n) is 5.35. The van der Waals surface area contributed by atoms with Crippen LogP contribution in [0.4, 0.5) is 5.69 Å². The van der Waals surface area contributed by atoms with E-state index in [4.69, 9.17) is 11.5 Å². The Morgan fingerprint density at radius 3 is 2.79 bits per heavy atom. The lowest BCUT2D eigenvalue weighted by Crippen LogP contribution is -2.38. The van der Waals surface area contributed by atoms with Gasteiger partial charge in [-0.25, -0.2) is 0 Å². The second kappa shape index (κ2) is 6.17. The molecule has 19 heavy (non-hydrogen) atoms. The lowest BCUT2D eigenvalue weighted by atomic mass is 9.97. The van der Waals surface area contributed by atoms with E-state index in [0.29, 0.717) is 25.4 Å². The predicted octanol–water partition coefficient (Wildman–Crippen LogP) is 1.41. The molecule has 0 spiro atoms. The summed E-state index contributed by atoms with van der Waals surface area (Å²) in [5.74, 6) is 0.644. The molecular formula is C15H23N3O. The molecule has 2 rings (SSSR count). The Kier molecular flexibility index (Phi) is 4.56. The summed E-state index contributed by atoms with van der Waals surface area (Å²) in [5.41, 5.74) is 14.7. The summed E-state index contributed by atoms with van der Waals surface area (Å²) in [5, 5.41) is 0. The monoisotopic (exact) mass is 261 g/mol. The van der Waals surface area contributed by atoms with Gasteiger partial charge in [0.05, 0.1) is 0 Å². The largest absolute Gasteiger partial charge is 0.330 e. The van der Waals surface area contributed by atoms with Crippen LogP contribution >= 0.6 is 0 Å². The summed E-state index contributed by atoms with van der Waals surface area (Å²) in [6.07, 6.45) is 2.36. The lowest BCUT2D eigenvalue weighted by molar-refractivity contribution is -0.119. The Morgan fingerprint density at radius 1 is 1.32 bits per heavy atom. The Morgan fingerprint density at radius 2 is 2.11 bits per heavy atom. The molecule has 0 bridgehead atoms. The molecule has 1 heterocycles. The van der Waals surface area contributed by atoms with Gasteiger partial charge in [-0.1, -0.05) is 19.1 Å². The highest BCUT2D eigenvalue weighted by molar-refractivity contribution is 5.96. The molecule has 0 radical (unpaired) electrons. The molecule has 0 aromatic heterocycles. The highest BCUT2D eigenvalue weighted by Gasteiger charge is 2.25. The van der Waals surface area contributed by atoms with Gasteiger partial charge in [0.1, 0.15) is 0 Å². The normalized spacial score (nSPS) is 16.4. The smallest absolute Gasteiger partial charge is 0.227 e. The highest BCUT2D eigenvalue weighted by atomic mass is 16.2. The zero-order chi connectivity index (χ0) is 13.8. The fourth-order valence-electron chi connectivity index (χ4n) is 2.63. The number of carbonyl (C=O) groups is 1. The molecule has 0 saturated carbocycles. The van der Waals surface area contributed by atoms with Crippen molar-refractivity contribution in [3.05, 3.63) is 29.3 Å². The fourth-order valence-corrected chi connectivity index (χ4v) is 2.63. The highest BCUT2D eigenvalue weighted by Crippen LogP contribution is 2.29. The summed E-state index contributed by atoms with van der Waals surface area (Å²) < 4.78 is 0. The van der Waals surface area contributed by atoms with Crippen molar-refractivity contribution in [3.8, 4) is 0 Å². The number of aryl methyl sites for hydroxylation is 1. The standard InChI is InChI=1S/C15H23N3O/c1-11(6-7-16)10-18-14-4-2-12(9-17)8-13(14)3-5-15(18)19/h2,4,8,11H,3,5-7,9-10,16-17H2,1H3. The maximum atomic E-state index is 12.1. The lowest BCUT2D eigenvalue weighted by Gasteiger charge is -2.32. The van der Waals surface area contributed by atoms with Crippen LogP contribution in [0.15, 0.2) is 18.2 Å². The van der Waals surface area contributed by atoms with Crippen molar-refractivity contribution < 1.29 is 4.79 Å². The Labute approximate surface area is 114 Å². The van der Waals surface area contributed by atoms with Crippen LogP contribution in [0.3, 0.4) is 0 Å². The molecule has 1 amide bonds. The first-order valence-electron chi connectivity index (χ1n) is 6.98. The van der Waals surface area contributed by atoms with Crippen molar-refractivity contribution in [1.82, 2.24) is 0 Å². The molecule has 1 unspecified atom stereocenters. The predicted molar refractivity (Wildman–Crippen MR) is 77.8 cm³/mol. The summed E-state index contributed by atoms with van der Waals surface area (Å²) >= 11 is 0. The first kappa shape index (κ1) is 14.0. The maximum Gasteiger partial charge on any atom is 0.227 e. The van der Waals surface area contributed by atoms with Crippen molar-refractivity contribution in [2.45, 2.75) is 32.7 Å². The van der Waals surface area contributed by atoms with Crippen LogP contribution in [0.1, 0.15) is 30.9 Å². The second-order valence-corrected chi connectivity index (χ2v) is 5.35. The molecule has 1 aromatic carbocycles. The molecule has 4 N–H and O–H groups in total. The summed E-state index contributed by atoms with van der Waals surface area (Å²) in [6, 6.07) is 6.17. The van der Waals surface area contributed by atoms with Crippen LogP contribution in [-0.2, 0) is 17.8 Å². The van der Waals surface area contributed by atoms with Gasteiger partial charge in [0, 0.05) is 25.2 Å². The van der Waals surface area contributed by atoms with E-state index in [1.165, 1.54) is 5.56 Å². The SMILES string of the molecule is CC(CCN)CN1C(=O)CCc2cc(CN)ccc21. The number of amides is 1. The Balaban J connectivity index is 2.22. The molecule has 1 aliphatic rings. The van der Waals surface area contributed by atoms with Crippen molar-refractivity contribution in [1.29, 1.82) is 0 Å².